The first-order valence-corrected chi connectivity index (χ1v) is 7.34. The van der Waals surface area contributed by atoms with Gasteiger partial charge in [-0.3, -0.25) is 4.79 Å². The molecule has 100 valence electrons. The molecule has 0 aliphatic rings. The molecule has 1 aromatic carbocycles. The largest absolute Gasteiger partial charge is 0.326 e. The molecule has 0 aliphatic carbocycles. The van der Waals surface area contributed by atoms with Gasteiger partial charge in [-0.1, -0.05) is 29.5 Å². The lowest BCUT2D eigenvalue weighted by molar-refractivity contribution is 0.102. The average molecular weight is 274 g/mol. The Morgan fingerprint density at radius 1 is 1.37 bits per heavy atom. The highest BCUT2D eigenvalue weighted by atomic mass is 32.2. The summed E-state index contributed by atoms with van der Waals surface area (Å²) in [5, 5.41) is 0.904. The van der Waals surface area contributed by atoms with Gasteiger partial charge >= 0.3 is 0 Å². The van der Waals surface area contributed by atoms with E-state index >= 15 is 0 Å². The van der Waals surface area contributed by atoms with Crippen LogP contribution in [0.15, 0.2) is 35.7 Å². The normalized spacial score (nSPS) is 10.7. The third-order valence-electron chi connectivity index (χ3n) is 3.04. The maximum absolute atomic E-state index is 12.3. The molecule has 2 aromatic rings. The van der Waals surface area contributed by atoms with Crippen LogP contribution in [0.2, 0.25) is 0 Å². The number of nitrogens with zero attached hydrogens (tertiary/aromatic N) is 2. The number of hydrogen-bond donors (Lipinski definition) is 0. The number of aromatic nitrogens is 2. The summed E-state index contributed by atoms with van der Waals surface area (Å²) in [7, 11) is 0. The van der Waals surface area contributed by atoms with E-state index in [4.69, 9.17) is 0 Å². The fourth-order valence-corrected chi connectivity index (χ4v) is 2.83. The second kappa shape index (κ2) is 6.06. The van der Waals surface area contributed by atoms with Crippen LogP contribution in [-0.4, -0.2) is 21.1 Å². The van der Waals surface area contributed by atoms with Crippen molar-refractivity contribution in [2.75, 3.05) is 5.75 Å². The molecule has 19 heavy (non-hydrogen) atoms. The summed E-state index contributed by atoms with van der Waals surface area (Å²) in [6, 6.07) is 5.99. The molecule has 0 saturated heterocycles. The first kappa shape index (κ1) is 13.9. The van der Waals surface area contributed by atoms with Crippen molar-refractivity contribution >= 4 is 17.5 Å². The van der Waals surface area contributed by atoms with Crippen molar-refractivity contribution in [2.45, 2.75) is 32.5 Å². The van der Waals surface area contributed by atoms with Gasteiger partial charge in [0.2, 0.25) is 0 Å². The first-order valence-electron chi connectivity index (χ1n) is 6.36. The third kappa shape index (κ3) is 3.26. The van der Waals surface area contributed by atoms with Crippen molar-refractivity contribution in [3.8, 4) is 0 Å². The summed E-state index contributed by atoms with van der Waals surface area (Å²) in [5.74, 6) is 0.596. The molecule has 0 radical (unpaired) electrons. The number of thioether (sulfide) groups is 1. The molecule has 4 heteroatoms. The molecule has 0 fully saturated rings. The lowest BCUT2D eigenvalue weighted by atomic mass is 10.0. The highest BCUT2D eigenvalue weighted by Gasteiger charge is 2.11. The molecular formula is C15H18N2OS. The topological polar surface area (TPSA) is 34.9 Å². The molecule has 0 bridgehead atoms. The van der Waals surface area contributed by atoms with Crippen LogP contribution in [0.5, 0.6) is 0 Å². The van der Waals surface area contributed by atoms with E-state index in [2.05, 4.69) is 11.9 Å². The molecule has 0 spiro atoms. The van der Waals surface area contributed by atoms with Gasteiger partial charge < -0.3 is 4.57 Å². The van der Waals surface area contributed by atoms with Crippen molar-refractivity contribution in [1.29, 1.82) is 0 Å². The number of imidazole rings is 1. The standard InChI is InChI=1S/C15H18N2OS/c1-4-17-8-7-16-15(17)19-10-14(18)13-9-11(2)5-6-12(13)3/h5-9H,4,10H2,1-3H3. The monoisotopic (exact) mass is 274 g/mol. The van der Waals surface area contributed by atoms with Crippen LogP contribution in [-0.2, 0) is 6.54 Å². The number of Topliss-reactive ketones (excluding diaryl/α,β-unsaturated/α-hetero) is 1. The summed E-state index contributed by atoms with van der Waals surface area (Å²) in [4.78, 5) is 16.5. The first-order chi connectivity index (χ1) is 9.11. The molecule has 0 unspecified atom stereocenters. The quantitative estimate of drug-likeness (QED) is 0.618. The molecule has 0 saturated carbocycles. The molecule has 3 nitrogen and oxygen atoms in total. The van der Waals surface area contributed by atoms with E-state index in [1.807, 2.05) is 42.8 Å². The Morgan fingerprint density at radius 3 is 2.89 bits per heavy atom. The Morgan fingerprint density at radius 2 is 2.16 bits per heavy atom. The van der Waals surface area contributed by atoms with Crippen molar-refractivity contribution in [1.82, 2.24) is 9.55 Å². The fourth-order valence-electron chi connectivity index (χ4n) is 1.92. The summed E-state index contributed by atoms with van der Waals surface area (Å²) < 4.78 is 2.04. The Kier molecular flexibility index (Phi) is 4.43. The highest BCUT2D eigenvalue weighted by Crippen LogP contribution is 2.19. The lowest BCUT2D eigenvalue weighted by Crippen LogP contribution is -2.06. The minimum Gasteiger partial charge on any atom is -0.326 e. The van der Waals surface area contributed by atoms with Gasteiger partial charge in [0.15, 0.2) is 10.9 Å². The zero-order chi connectivity index (χ0) is 13.8. The van der Waals surface area contributed by atoms with Crippen LogP contribution < -0.4 is 0 Å². The maximum atomic E-state index is 12.3. The van der Waals surface area contributed by atoms with Crippen molar-refractivity contribution in [2.24, 2.45) is 0 Å². The summed E-state index contributed by atoms with van der Waals surface area (Å²) in [6.07, 6.45) is 3.71. The van der Waals surface area contributed by atoms with E-state index in [0.717, 1.165) is 28.4 Å². The molecule has 1 aromatic heterocycles. The minimum absolute atomic E-state index is 0.164. The number of rotatable bonds is 5. The summed E-state index contributed by atoms with van der Waals surface area (Å²) in [5.41, 5.74) is 2.98. The Hall–Kier alpha value is -1.55. The average Bonchev–Trinajstić information content (AvgIpc) is 2.86. The number of aryl methyl sites for hydroxylation is 3. The predicted octanol–water partition coefficient (Wildman–Crippen LogP) is 3.49. The minimum atomic E-state index is 0.164. The van der Waals surface area contributed by atoms with Gasteiger partial charge in [-0.25, -0.2) is 4.98 Å². The van der Waals surface area contributed by atoms with E-state index in [1.54, 1.807) is 6.20 Å². The maximum Gasteiger partial charge on any atom is 0.173 e. The molecule has 0 aliphatic heterocycles. The van der Waals surface area contributed by atoms with E-state index in [9.17, 15) is 4.79 Å². The third-order valence-corrected chi connectivity index (χ3v) is 4.05. The lowest BCUT2D eigenvalue weighted by Gasteiger charge is -2.07. The number of benzene rings is 1. The van der Waals surface area contributed by atoms with Crippen molar-refractivity contribution in [3.05, 3.63) is 47.3 Å². The van der Waals surface area contributed by atoms with E-state index < -0.39 is 0 Å². The summed E-state index contributed by atoms with van der Waals surface area (Å²) >= 11 is 1.50. The van der Waals surface area contributed by atoms with Gasteiger partial charge in [0, 0.05) is 24.5 Å². The predicted molar refractivity (Wildman–Crippen MR) is 78.9 cm³/mol. The Balaban J connectivity index is 2.07. The Bertz CT molecular complexity index is 590. The van der Waals surface area contributed by atoms with Crippen LogP contribution in [0.1, 0.15) is 28.4 Å². The van der Waals surface area contributed by atoms with Crippen molar-refractivity contribution < 1.29 is 4.79 Å². The molecule has 1 heterocycles. The van der Waals surface area contributed by atoms with Gasteiger partial charge in [-0.2, -0.15) is 0 Å². The van der Waals surface area contributed by atoms with E-state index in [1.165, 1.54) is 11.8 Å². The molecule has 0 atom stereocenters. The number of carbonyl (C=O) groups excluding carboxylic acids is 1. The van der Waals surface area contributed by atoms with Crippen LogP contribution in [0.3, 0.4) is 0 Å². The SMILES string of the molecule is CCn1ccnc1SCC(=O)c1cc(C)ccc1C. The van der Waals surface area contributed by atoms with Crippen LogP contribution >= 0.6 is 11.8 Å². The van der Waals surface area contributed by atoms with Crippen molar-refractivity contribution in [3.63, 3.8) is 0 Å². The van der Waals surface area contributed by atoms with Crippen LogP contribution in [0.25, 0.3) is 0 Å². The fraction of sp³-hybridized carbons (Fsp3) is 0.333. The molecule has 2 rings (SSSR count). The number of carbonyl (C=O) groups is 1. The second-order valence-corrected chi connectivity index (χ2v) is 5.47. The van der Waals surface area contributed by atoms with Gasteiger partial charge in [0.05, 0.1) is 5.75 Å². The zero-order valence-electron chi connectivity index (χ0n) is 11.5. The molecular weight excluding hydrogens is 256 g/mol. The summed E-state index contributed by atoms with van der Waals surface area (Å²) in [6.45, 7) is 6.93. The van der Waals surface area contributed by atoms with E-state index in [0.29, 0.717) is 5.75 Å². The Labute approximate surface area is 118 Å². The number of ketones is 1. The smallest absolute Gasteiger partial charge is 0.173 e. The molecule has 0 N–H and O–H groups in total. The van der Waals surface area contributed by atoms with Crippen LogP contribution in [0, 0.1) is 13.8 Å². The van der Waals surface area contributed by atoms with E-state index in [-0.39, 0.29) is 5.78 Å². The second-order valence-electron chi connectivity index (χ2n) is 4.53. The highest BCUT2D eigenvalue weighted by molar-refractivity contribution is 7.99. The van der Waals surface area contributed by atoms with Gasteiger partial charge in [-0.15, -0.1) is 0 Å². The molecule has 0 amide bonds. The van der Waals surface area contributed by atoms with Gasteiger partial charge in [0.1, 0.15) is 0 Å². The van der Waals surface area contributed by atoms with Crippen LogP contribution in [0.4, 0.5) is 0 Å². The number of hydrogen-bond acceptors (Lipinski definition) is 3. The van der Waals surface area contributed by atoms with Gasteiger partial charge in [-0.05, 0) is 32.4 Å². The van der Waals surface area contributed by atoms with Gasteiger partial charge in [0.25, 0.3) is 0 Å². The zero-order valence-corrected chi connectivity index (χ0v) is 12.3.